The predicted octanol–water partition coefficient (Wildman–Crippen LogP) is 1.38. The van der Waals surface area contributed by atoms with Gasteiger partial charge in [0.25, 0.3) is 0 Å². The van der Waals surface area contributed by atoms with E-state index < -0.39 is 0 Å². The smallest absolute Gasteiger partial charge is 0.230 e. The first kappa shape index (κ1) is 17.3. The van der Waals surface area contributed by atoms with Crippen LogP contribution < -0.4 is 10.6 Å². The number of aliphatic imine (C=N–C) groups is 1. The fourth-order valence-electron chi connectivity index (χ4n) is 3.07. The second-order valence-electron chi connectivity index (χ2n) is 6.23. The van der Waals surface area contributed by atoms with E-state index in [1.165, 1.54) is 6.26 Å². The molecule has 0 radical (unpaired) electrons. The monoisotopic (exact) mass is 321 g/mol. The lowest BCUT2D eigenvalue weighted by molar-refractivity contribution is -0.138. The molecule has 1 heterocycles. The van der Waals surface area contributed by atoms with Gasteiger partial charge >= 0.3 is 0 Å². The van der Waals surface area contributed by atoms with Gasteiger partial charge in [-0.1, -0.05) is 18.0 Å². The number of amides is 1. The highest BCUT2D eigenvalue weighted by atomic mass is 16.5. The molecule has 1 fully saturated rings. The minimum absolute atomic E-state index is 0.204. The quantitative estimate of drug-likeness (QED) is 0.611. The second kappa shape index (κ2) is 7.99. The van der Waals surface area contributed by atoms with Crippen molar-refractivity contribution >= 4 is 11.9 Å². The van der Waals surface area contributed by atoms with Crippen LogP contribution in [0.2, 0.25) is 0 Å². The summed E-state index contributed by atoms with van der Waals surface area (Å²) >= 11 is 0. The normalized spacial score (nSPS) is 17.1. The van der Waals surface area contributed by atoms with Gasteiger partial charge in [0.05, 0.1) is 12.0 Å². The summed E-state index contributed by atoms with van der Waals surface area (Å²) in [6, 6.07) is 1.79. The number of guanidine groups is 1. The number of carbonyl (C=O) groups is 1. The molecule has 7 nitrogen and oxygen atoms in total. The van der Waals surface area contributed by atoms with Crippen molar-refractivity contribution in [2.24, 2.45) is 10.4 Å². The SMILES string of the molecule is CCNC(=NCc1ccon1)NCC1(C(=O)N(C)C)CCCC1. The molecule has 0 spiro atoms. The van der Waals surface area contributed by atoms with Crippen LogP contribution in [0.1, 0.15) is 38.3 Å². The zero-order valence-electron chi connectivity index (χ0n) is 14.3. The van der Waals surface area contributed by atoms with Gasteiger partial charge in [-0.05, 0) is 19.8 Å². The van der Waals surface area contributed by atoms with Gasteiger partial charge in [-0.15, -0.1) is 0 Å². The molecule has 1 aromatic heterocycles. The molecule has 1 aliphatic carbocycles. The Morgan fingerprint density at radius 2 is 2.13 bits per heavy atom. The number of nitrogens with one attached hydrogen (secondary N) is 2. The van der Waals surface area contributed by atoms with Crippen molar-refractivity contribution in [3.63, 3.8) is 0 Å². The molecule has 0 saturated heterocycles. The van der Waals surface area contributed by atoms with Crippen molar-refractivity contribution in [2.75, 3.05) is 27.2 Å². The first-order valence-corrected chi connectivity index (χ1v) is 8.20. The molecular formula is C16H27N5O2. The molecule has 128 valence electrons. The predicted molar refractivity (Wildman–Crippen MR) is 88.9 cm³/mol. The molecule has 2 rings (SSSR count). The molecule has 1 aromatic rings. The van der Waals surface area contributed by atoms with Crippen molar-refractivity contribution < 1.29 is 9.32 Å². The summed E-state index contributed by atoms with van der Waals surface area (Å²) < 4.78 is 4.81. The Balaban J connectivity index is 2.01. The van der Waals surface area contributed by atoms with Gasteiger partial charge in [-0.2, -0.15) is 0 Å². The number of carbonyl (C=O) groups excluding carboxylic acids is 1. The molecule has 23 heavy (non-hydrogen) atoms. The van der Waals surface area contributed by atoms with Crippen LogP contribution in [0.15, 0.2) is 21.8 Å². The van der Waals surface area contributed by atoms with Crippen LogP contribution in [-0.4, -0.2) is 49.1 Å². The van der Waals surface area contributed by atoms with Gasteiger partial charge in [0, 0.05) is 33.3 Å². The van der Waals surface area contributed by atoms with E-state index in [4.69, 9.17) is 4.52 Å². The average Bonchev–Trinajstić information content (AvgIpc) is 3.21. The van der Waals surface area contributed by atoms with Gasteiger partial charge < -0.3 is 20.1 Å². The summed E-state index contributed by atoms with van der Waals surface area (Å²) in [5, 5.41) is 10.4. The van der Waals surface area contributed by atoms with Crippen LogP contribution in [0.25, 0.3) is 0 Å². The Kier molecular flexibility index (Phi) is 6.01. The number of aromatic nitrogens is 1. The van der Waals surface area contributed by atoms with Gasteiger partial charge in [0.15, 0.2) is 5.96 Å². The topological polar surface area (TPSA) is 82.8 Å². The molecule has 0 atom stereocenters. The van der Waals surface area contributed by atoms with Crippen molar-refractivity contribution in [1.82, 2.24) is 20.7 Å². The van der Waals surface area contributed by atoms with Gasteiger partial charge in [0.1, 0.15) is 12.0 Å². The van der Waals surface area contributed by atoms with Gasteiger partial charge in [-0.3, -0.25) is 4.79 Å². The minimum atomic E-state index is -0.312. The Labute approximate surface area is 137 Å². The van der Waals surface area contributed by atoms with E-state index in [0.717, 1.165) is 37.9 Å². The van der Waals surface area contributed by atoms with E-state index in [0.29, 0.717) is 19.0 Å². The third kappa shape index (κ3) is 4.46. The summed E-state index contributed by atoms with van der Waals surface area (Å²) in [7, 11) is 3.65. The van der Waals surface area contributed by atoms with E-state index in [-0.39, 0.29) is 11.3 Å². The zero-order chi connectivity index (χ0) is 16.7. The Hall–Kier alpha value is -2.05. The maximum absolute atomic E-state index is 12.6. The zero-order valence-corrected chi connectivity index (χ0v) is 14.3. The van der Waals surface area contributed by atoms with Crippen molar-refractivity contribution in [3.05, 3.63) is 18.0 Å². The maximum Gasteiger partial charge on any atom is 0.230 e. The summed E-state index contributed by atoms with van der Waals surface area (Å²) in [5.74, 6) is 0.906. The Morgan fingerprint density at radius 1 is 1.39 bits per heavy atom. The number of hydrogen-bond donors (Lipinski definition) is 2. The van der Waals surface area contributed by atoms with Gasteiger partial charge in [-0.25, -0.2) is 4.99 Å². The number of hydrogen-bond acceptors (Lipinski definition) is 4. The van der Waals surface area contributed by atoms with Crippen LogP contribution in [0.3, 0.4) is 0 Å². The highest BCUT2D eigenvalue weighted by molar-refractivity contribution is 5.85. The molecule has 2 N–H and O–H groups in total. The molecule has 1 amide bonds. The van der Waals surface area contributed by atoms with Crippen LogP contribution in [0, 0.1) is 5.41 Å². The Bertz CT molecular complexity index is 519. The average molecular weight is 321 g/mol. The molecule has 0 aromatic carbocycles. The molecular weight excluding hydrogens is 294 g/mol. The van der Waals surface area contributed by atoms with Gasteiger partial charge in [0.2, 0.25) is 5.91 Å². The third-order valence-electron chi connectivity index (χ3n) is 4.25. The van der Waals surface area contributed by atoms with Crippen LogP contribution >= 0.6 is 0 Å². The summed E-state index contributed by atoms with van der Waals surface area (Å²) in [6.07, 6.45) is 5.61. The lowest BCUT2D eigenvalue weighted by atomic mass is 9.84. The van der Waals surface area contributed by atoms with E-state index in [1.54, 1.807) is 11.0 Å². The van der Waals surface area contributed by atoms with E-state index in [9.17, 15) is 4.79 Å². The van der Waals surface area contributed by atoms with E-state index >= 15 is 0 Å². The Morgan fingerprint density at radius 3 is 2.70 bits per heavy atom. The second-order valence-corrected chi connectivity index (χ2v) is 6.23. The summed E-state index contributed by atoms with van der Waals surface area (Å²) in [5.41, 5.74) is 0.468. The summed E-state index contributed by atoms with van der Waals surface area (Å²) in [6.45, 7) is 3.83. The molecule has 7 heteroatoms. The lowest BCUT2D eigenvalue weighted by Gasteiger charge is -2.31. The fraction of sp³-hybridized carbons (Fsp3) is 0.688. The largest absolute Gasteiger partial charge is 0.364 e. The van der Waals surface area contributed by atoms with E-state index in [1.807, 2.05) is 21.0 Å². The van der Waals surface area contributed by atoms with Crippen LogP contribution in [-0.2, 0) is 11.3 Å². The highest BCUT2D eigenvalue weighted by Gasteiger charge is 2.42. The first-order chi connectivity index (χ1) is 11.1. The van der Waals surface area contributed by atoms with Crippen molar-refractivity contribution in [3.8, 4) is 0 Å². The maximum atomic E-state index is 12.6. The van der Waals surface area contributed by atoms with E-state index in [2.05, 4.69) is 20.8 Å². The molecule has 1 aliphatic rings. The van der Waals surface area contributed by atoms with Crippen LogP contribution in [0.5, 0.6) is 0 Å². The first-order valence-electron chi connectivity index (χ1n) is 8.20. The lowest BCUT2D eigenvalue weighted by Crippen LogP contribution is -2.49. The molecule has 1 saturated carbocycles. The molecule has 0 bridgehead atoms. The van der Waals surface area contributed by atoms with Crippen molar-refractivity contribution in [2.45, 2.75) is 39.2 Å². The van der Waals surface area contributed by atoms with Crippen molar-refractivity contribution in [1.29, 1.82) is 0 Å². The summed E-state index contributed by atoms with van der Waals surface area (Å²) in [4.78, 5) is 18.8. The number of nitrogens with zero attached hydrogens (tertiary/aromatic N) is 3. The number of rotatable bonds is 6. The molecule has 0 unspecified atom stereocenters. The minimum Gasteiger partial charge on any atom is -0.364 e. The molecule has 0 aliphatic heterocycles. The third-order valence-corrected chi connectivity index (χ3v) is 4.25. The fourth-order valence-corrected chi connectivity index (χ4v) is 3.07. The highest BCUT2D eigenvalue weighted by Crippen LogP contribution is 2.38. The standard InChI is InChI=1S/C16H27N5O2/c1-4-17-15(18-11-13-7-10-23-20-13)19-12-16(8-5-6-9-16)14(22)21(2)3/h7,10H,4-6,8-9,11-12H2,1-3H3,(H2,17,18,19). The van der Waals surface area contributed by atoms with Crippen LogP contribution in [0.4, 0.5) is 0 Å².